The lowest BCUT2D eigenvalue weighted by atomic mass is 9.93. The van der Waals surface area contributed by atoms with E-state index in [0.29, 0.717) is 0 Å². The van der Waals surface area contributed by atoms with Crippen molar-refractivity contribution in [3.8, 4) is 5.75 Å². The highest BCUT2D eigenvalue weighted by Gasteiger charge is 2.32. The van der Waals surface area contributed by atoms with Gasteiger partial charge in [0, 0.05) is 37.3 Å². The summed E-state index contributed by atoms with van der Waals surface area (Å²) in [5, 5.41) is 3.50. The summed E-state index contributed by atoms with van der Waals surface area (Å²) in [6.45, 7) is 8.82. The van der Waals surface area contributed by atoms with E-state index in [0.717, 1.165) is 38.3 Å². The number of methoxy groups -OCH3 is 1. The van der Waals surface area contributed by atoms with Gasteiger partial charge in [0.25, 0.3) is 0 Å². The van der Waals surface area contributed by atoms with Crippen LogP contribution in [0.1, 0.15) is 25.8 Å². The van der Waals surface area contributed by atoms with Crippen molar-refractivity contribution in [3.63, 3.8) is 0 Å². The number of hydrogen-bond acceptors (Lipinski definition) is 3. The van der Waals surface area contributed by atoms with Gasteiger partial charge in [0.2, 0.25) is 0 Å². The van der Waals surface area contributed by atoms with E-state index in [2.05, 4.69) is 36.2 Å². The van der Waals surface area contributed by atoms with Gasteiger partial charge in [-0.05, 0) is 19.4 Å². The molecule has 1 fully saturated rings. The summed E-state index contributed by atoms with van der Waals surface area (Å²) >= 11 is 0. The molecule has 1 aromatic carbocycles. The minimum atomic E-state index is 0.249. The summed E-state index contributed by atoms with van der Waals surface area (Å²) in [5.74, 6) is 0.995. The van der Waals surface area contributed by atoms with E-state index in [9.17, 15) is 0 Å². The fourth-order valence-corrected chi connectivity index (χ4v) is 2.61. The van der Waals surface area contributed by atoms with Gasteiger partial charge in [0.15, 0.2) is 0 Å². The fraction of sp³-hybridized carbons (Fsp3) is 0.600. The van der Waals surface area contributed by atoms with Crippen LogP contribution in [0.4, 0.5) is 0 Å². The van der Waals surface area contributed by atoms with Crippen LogP contribution in [0.25, 0.3) is 0 Å². The van der Waals surface area contributed by atoms with Gasteiger partial charge >= 0.3 is 0 Å². The van der Waals surface area contributed by atoms with Crippen molar-refractivity contribution in [2.45, 2.75) is 32.4 Å². The Hall–Kier alpha value is -1.06. The van der Waals surface area contributed by atoms with Crippen molar-refractivity contribution in [3.05, 3.63) is 29.8 Å². The standard InChI is InChI=1S/C15H24N2O/c1-4-15(2)12-16-9-10-17(15)11-13-7-5-6-8-14(13)18-3/h5-8,16H,4,9-12H2,1-3H3. The van der Waals surface area contributed by atoms with Crippen molar-refractivity contribution >= 4 is 0 Å². The van der Waals surface area contributed by atoms with Crippen molar-refractivity contribution < 1.29 is 4.74 Å². The summed E-state index contributed by atoms with van der Waals surface area (Å²) in [4.78, 5) is 2.57. The van der Waals surface area contributed by atoms with E-state index in [1.165, 1.54) is 5.56 Å². The highest BCUT2D eigenvalue weighted by atomic mass is 16.5. The molecule has 3 heteroatoms. The number of benzene rings is 1. The summed E-state index contributed by atoms with van der Waals surface area (Å²) in [7, 11) is 1.75. The molecule has 0 amide bonds. The zero-order chi connectivity index (χ0) is 13.0. The molecule has 0 aliphatic carbocycles. The third-order valence-corrected chi connectivity index (χ3v) is 4.14. The van der Waals surface area contributed by atoms with Crippen LogP contribution in [0.5, 0.6) is 5.75 Å². The Morgan fingerprint density at radius 3 is 2.89 bits per heavy atom. The van der Waals surface area contributed by atoms with Gasteiger partial charge < -0.3 is 10.1 Å². The first-order valence-electron chi connectivity index (χ1n) is 6.77. The Morgan fingerprint density at radius 2 is 2.17 bits per heavy atom. The molecule has 2 rings (SSSR count). The Labute approximate surface area is 110 Å². The van der Waals surface area contributed by atoms with E-state index in [1.54, 1.807) is 7.11 Å². The molecule has 1 unspecified atom stereocenters. The zero-order valence-corrected chi connectivity index (χ0v) is 11.7. The van der Waals surface area contributed by atoms with Crippen molar-refractivity contribution in [2.24, 2.45) is 0 Å². The molecule has 1 saturated heterocycles. The molecule has 0 bridgehead atoms. The average molecular weight is 248 g/mol. The topological polar surface area (TPSA) is 24.5 Å². The maximum absolute atomic E-state index is 5.45. The van der Waals surface area contributed by atoms with Crippen LogP contribution < -0.4 is 10.1 Å². The predicted molar refractivity (Wildman–Crippen MR) is 75.0 cm³/mol. The van der Waals surface area contributed by atoms with Crippen molar-refractivity contribution in [2.75, 3.05) is 26.7 Å². The number of hydrogen-bond donors (Lipinski definition) is 1. The largest absolute Gasteiger partial charge is 0.496 e. The summed E-state index contributed by atoms with van der Waals surface area (Å²) in [6.07, 6.45) is 1.16. The first-order chi connectivity index (χ1) is 8.69. The molecule has 18 heavy (non-hydrogen) atoms. The lowest BCUT2D eigenvalue weighted by molar-refractivity contribution is 0.0630. The second-order valence-corrected chi connectivity index (χ2v) is 5.26. The molecule has 1 N–H and O–H groups in total. The lowest BCUT2D eigenvalue weighted by Gasteiger charge is -2.45. The molecular weight excluding hydrogens is 224 g/mol. The third kappa shape index (κ3) is 2.68. The van der Waals surface area contributed by atoms with Gasteiger partial charge in [-0.1, -0.05) is 25.1 Å². The average Bonchev–Trinajstić information content (AvgIpc) is 2.42. The van der Waals surface area contributed by atoms with Crippen LogP contribution in [-0.2, 0) is 6.54 Å². The molecule has 1 atom stereocenters. The van der Waals surface area contributed by atoms with Crippen LogP contribution in [0, 0.1) is 0 Å². The second-order valence-electron chi connectivity index (χ2n) is 5.26. The van der Waals surface area contributed by atoms with Crippen LogP contribution in [0.15, 0.2) is 24.3 Å². The van der Waals surface area contributed by atoms with Gasteiger partial charge in [-0.25, -0.2) is 0 Å². The first kappa shape index (κ1) is 13.4. The first-order valence-corrected chi connectivity index (χ1v) is 6.77. The highest BCUT2D eigenvalue weighted by molar-refractivity contribution is 5.33. The fourth-order valence-electron chi connectivity index (χ4n) is 2.61. The minimum absolute atomic E-state index is 0.249. The monoisotopic (exact) mass is 248 g/mol. The maximum Gasteiger partial charge on any atom is 0.123 e. The van der Waals surface area contributed by atoms with E-state index in [-0.39, 0.29) is 5.54 Å². The number of piperazine rings is 1. The molecule has 1 aliphatic heterocycles. The SMILES string of the molecule is CCC1(C)CNCCN1Cc1ccccc1OC. The maximum atomic E-state index is 5.45. The number of nitrogens with one attached hydrogen (secondary N) is 1. The number of nitrogens with zero attached hydrogens (tertiary/aromatic N) is 1. The Balaban J connectivity index is 2.16. The Morgan fingerprint density at radius 1 is 1.39 bits per heavy atom. The molecule has 1 aromatic rings. The Bertz CT molecular complexity index is 394. The Kier molecular flexibility index (Phi) is 4.25. The predicted octanol–water partition coefficient (Wildman–Crippen LogP) is 2.27. The summed E-state index contributed by atoms with van der Waals surface area (Å²) < 4.78 is 5.45. The van der Waals surface area contributed by atoms with Crippen molar-refractivity contribution in [1.82, 2.24) is 10.2 Å². The molecule has 0 aromatic heterocycles. The van der Waals surface area contributed by atoms with Crippen LogP contribution in [0.3, 0.4) is 0 Å². The van der Waals surface area contributed by atoms with Gasteiger partial charge in [-0.15, -0.1) is 0 Å². The second kappa shape index (κ2) is 5.72. The molecule has 1 aliphatic rings. The van der Waals surface area contributed by atoms with E-state index in [1.807, 2.05) is 12.1 Å². The van der Waals surface area contributed by atoms with E-state index in [4.69, 9.17) is 4.74 Å². The molecule has 0 radical (unpaired) electrons. The smallest absolute Gasteiger partial charge is 0.123 e. The molecule has 0 spiro atoms. The molecule has 100 valence electrons. The van der Waals surface area contributed by atoms with Crippen LogP contribution in [-0.4, -0.2) is 37.2 Å². The van der Waals surface area contributed by atoms with E-state index < -0.39 is 0 Å². The summed E-state index contributed by atoms with van der Waals surface area (Å²) in [6, 6.07) is 8.32. The molecule has 1 heterocycles. The van der Waals surface area contributed by atoms with E-state index >= 15 is 0 Å². The normalized spacial score (nSPS) is 25.1. The van der Waals surface area contributed by atoms with Gasteiger partial charge in [-0.2, -0.15) is 0 Å². The third-order valence-electron chi connectivity index (χ3n) is 4.14. The number of ether oxygens (including phenoxy) is 1. The quantitative estimate of drug-likeness (QED) is 0.884. The van der Waals surface area contributed by atoms with Crippen molar-refractivity contribution in [1.29, 1.82) is 0 Å². The molecule has 0 saturated carbocycles. The lowest BCUT2D eigenvalue weighted by Crippen LogP contribution is -2.58. The molecule has 3 nitrogen and oxygen atoms in total. The van der Waals surface area contributed by atoms with Gasteiger partial charge in [0.1, 0.15) is 5.75 Å². The van der Waals surface area contributed by atoms with Crippen LogP contribution in [0.2, 0.25) is 0 Å². The minimum Gasteiger partial charge on any atom is -0.496 e. The number of para-hydroxylation sites is 1. The van der Waals surface area contributed by atoms with Gasteiger partial charge in [-0.3, -0.25) is 4.90 Å². The zero-order valence-electron chi connectivity index (χ0n) is 11.7. The summed E-state index contributed by atoms with van der Waals surface area (Å²) in [5.41, 5.74) is 1.53. The van der Waals surface area contributed by atoms with Gasteiger partial charge in [0.05, 0.1) is 7.11 Å². The highest BCUT2D eigenvalue weighted by Crippen LogP contribution is 2.26. The molecular formula is C15H24N2O. The number of rotatable bonds is 4. The van der Waals surface area contributed by atoms with Crippen LogP contribution >= 0.6 is 0 Å².